The Morgan fingerprint density at radius 1 is 0.967 bits per heavy atom. The standard InChI is InChI=1S/C24H25N3OS.ClH/c1-16-13-17(2)22-21(14-16)29-24(25-22)27(12-11-26(3)4)23(28)20-10-9-18-7-5-6-8-19(18)15-20;/h5-10,13-15H,11-12H2,1-4H3;1H. The second-order valence-electron chi connectivity index (χ2n) is 7.75. The number of likely N-dealkylation sites (N-methyl/N-ethyl adjacent to an activating group) is 1. The van der Waals surface area contributed by atoms with E-state index in [0.717, 1.165) is 38.2 Å². The van der Waals surface area contributed by atoms with Gasteiger partial charge in [-0.1, -0.05) is 47.7 Å². The first kappa shape index (κ1) is 22.2. The van der Waals surface area contributed by atoms with Gasteiger partial charge >= 0.3 is 0 Å². The summed E-state index contributed by atoms with van der Waals surface area (Å²) in [5.41, 5.74) is 4.03. The molecule has 4 aromatic rings. The van der Waals surface area contributed by atoms with Gasteiger partial charge in [-0.2, -0.15) is 0 Å². The zero-order chi connectivity index (χ0) is 20.5. The molecule has 0 aliphatic carbocycles. The normalized spacial score (nSPS) is 11.1. The van der Waals surface area contributed by atoms with E-state index in [0.29, 0.717) is 12.1 Å². The van der Waals surface area contributed by atoms with Gasteiger partial charge in [0.15, 0.2) is 5.13 Å². The Morgan fingerprint density at radius 3 is 2.43 bits per heavy atom. The molecule has 4 nitrogen and oxygen atoms in total. The van der Waals surface area contributed by atoms with E-state index in [-0.39, 0.29) is 18.3 Å². The fourth-order valence-electron chi connectivity index (χ4n) is 3.54. The number of anilines is 1. The van der Waals surface area contributed by atoms with Gasteiger partial charge < -0.3 is 4.90 Å². The molecule has 0 fully saturated rings. The second kappa shape index (κ2) is 9.13. The van der Waals surface area contributed by atoms with Gasteiger partial charge in [-0.15, -0.1) is 12.4 Å². The molecular formula is C24H26ClN3OS. The third-order valence-corrected chi connectivity index (χ3v) is 6.09. The lowest BCUT2D eigenvalue weighted by molar-refractivity contribution is 0.0985. The predicted octanol–water partition coefficient (Wildman–Crippen LogP) is 5.70. The average Bonchev–Trinajstić information content (AvgIpc) is 3.11. The third kappa shape index (κ3) is 4.48. The zero-order valence-electron chi connectivity index (χ0n) is 17.7. The molecule has 0 saturated heterocycles. The van der Waals surface area contributed by atoms with Crippen molar-refractivity contribution in [2.45, 2.75) is 13.8 Å². The van der Waals surface area contributed by atoms with Gasteiger partial charge in [0, 0.05) is 18.7 Å². The number of rotatable bonds is 5. The van der Waals surface area contributed by atoms with Crippen LogP contribution in [0, 0.1) is 13.8 Å². The largest absolute Gasteiger partial charge is 0.308 e. The van der Waals surface area contributed by atoms with Crippen LogP contribution in [0.25, 0.3) is 21.0 Å². The van der Waals surface area contributed by atoms with Crippen molar-refractivity contribution >= 4 is 55.8 Å². The van der Waals surface area contributed by atoms with Crippen molar-refractivity contribution in [2.75, 3.05) is 32.1 Å². The van der Waals surface area contributed by atoms with E-state index in [9.17, 15) is 4.79 Å². The van der Waals surface area contributed by atoms with Gasteiger partial charge in [0.25, 0.3) is 5.91 Å². The first-order valence-electron chi connectivity index (χ1n) is 9.75. The molecule has 0 saturated carbocycles. The lowest BCUT2D eigenvalue weighted by Crippen LogP contribution is -2.36. The minimum Gasteiger partial charge on any atom is -0.308 e. The molecule has 3 aromatic carbocycles. The van der Waals surface area contributed by atoms with Crippen LogP contribution in [0.5, 0.6) is 0 Å². The van der Waals surface area contributed by atoms with Crippen molar-refractivity contribution in [1.29, 1.82) is 0 Å². The first-order chi connectivity index (χ1) is 13.9. The van der Waals surface area contributed by atoms with Crippen LogP contribution in [0.15, 0.2) is 54.6 Å². The van der Waals surface area contributed by atoms with E-state index in [2.05, 4.69) is 36.9 Å². The molecule has 0 bridgehead atoms. The summed E-state index contributed by atoms with van der Waals surface area (Å²) in [6.07, 6.45) is 0. The van der Waals surface area contributed by atoms with Crippen LogP contribution >= 0.6 is 23.7 Å². The lowest BCUT2D eigenvalue weighted by atomic mass is 10.1. The zero-order valence-corrected chi connectivity index (χ0v) is 19.3. The molecule has 0 atom stereocenters. The summed E-state index contributed by atoms with van der Waals surface area (Å²) < 4.78 is 1.12. The Kier molecular flexibility index (Phi) is 6.76. The number of aromatic nitrogens is 1. The fraction of sp³-hybridized carbons (Fsp3) is 0.250. The summed E-state index contributed by atoms with van der Waals surface area (Å²) >= 11 is 1.59. The number of hydrogen-bond acceptors (Lipinski definition) is 4. The molecular weight excluding hydrogens is 414 g/mol. The highest BCUT2D eigenvalue weighted by Crippen LogP contribution is 2.32. The monoisotopic (exact) mass is 439 g/mol. The molecule has 4 rings (SSSR count). The van der Waals surface area contributed by atoms with Crippen LogP contribution in [0.2, 0.25) is 0 Å². The molecule has 0 N–H and O–H groups in total. The molecule has 1 heterocycles. The van der Waals surface area contributed by atoms with Crippen molar-refractivity contribution in [2.24, 2.45) is 0 Å². The molecule has 0 aliphatic heterocycles. The molecule has 0 aliphatic rings. The van der Waals surface area contributed by atoms with Gasteiger partial charge in [-0.25, -0.2) is 4.98 Å². The van der Waals surface area contributed by atoms with Crippen molar-refractivity contribution < 1.29 is 4.79 Å². The topological polar surface area (TPSA) is 36.4 Å². The number of halogens is 1. The molecule has 6 heteroatoms. The summed E-state index contributed by atoms with van der Waals surface area (Å²) in [5, 5.41) is 2.96. The summed E-state index contributed by atoms with van der Waals surface area (Å²) in [4.78, 5) is 22.3. The molecule has 0 radical (unpaired) electrons. The number of benzene rings is 3. The summed E-state index contributed by atoms with van der Waals surface area (Å²) in [5.74, 6) is -0.00830. The Morgan fingerprint density at radius 2 is 1.70 bits per heavy atom. The van der Waals surface area contributed by atoms with Crippen LogP contribution in [-0.4, -0.2) is 43.0 Å². The third-order valence-electron chi connectivity index (χ3n) is 5.06. The average molecular weight is 440 g/mol. The molecule has 156 valence electrons. The number of thiazole rings is 1. The number of fused-ring (bicyclic) bond motifs is 2. The van der Waals surface area contributed by atoms with Crippen molar-refractivity contribution in [1.82, 2.24) is 9.88 Å². The predicted molar refractivity (Wildman–Crippen MR) is 131 cm³/mol. The van der Waals surface area contributed by atoms with Crippen LogP contribution < -0.4 is 4.90 Å². The molecule has 1 amide bonds. The fourth-order valence-corrected chi connectivity index (χ4v) is 4.70. The summed E-state index contributed by atoms with van der Waals surface area (Å²) in [6.45, 7) is 5.54. The van der Waals surface area contributed by atoms with Gasteiger partial charge in [-0.3, -0.25) is 9.69 Å². The Hall–Kier alpha value is -2.47. The van der Waals surface area contributed by atoms with Crippen molar-refractivity contribution in [3.05, 3.63) is 71.3 Å². The number of carbonyl (C=O) groups excluding carboxylic acids is 1. The molecule has 0 unspecified atom stereocenters. The number of carbonyl (C=O) groups is 1. The van der Waals surface area contributed by atoms with Crippen molar-refractivity contribution in [3.63, 3.8) is 0 Å². The van der Waals surface area contributed by atoms with Crippen LogP contribution in [0.3, 0.4) is 0 Å². The van der Waals surface area contributed by atoms with E-state index in [4.69, 9.17) is 4.98 Å². The quantitative estimate of drug-likeness (QED) is 0.400. The molecule has 0 spiro atoms. The Labute approximate surface area is 187 Å². The summed E-state index contributed by atoms with van der Waals surface area (Å²) in [6, 6.07) is 18.3. The number of amides is 1. The maximum absolute atomic E-state index is 13.5. The Balaban J connectivity index is 0.00000256. The smallest absolute Gasteiger partial charge is 0.260 e. The number of nitrogens with zero attached hydrogens (tertiary/aromatic N) is 3. The van der Waals surface area contributed by atoms with Gasteiger partial charge in [0.05, 0.1) is 10.2 Å². The number of aryl methyl sites for hydroxylation is 2. The Bertz CT molecular complexity index is 1200. The SMILES string of the molecule is Cc1cc(C)c2nc(N(CCN(C)C)C(=O)c3ccc4ccccc4c3)sc2c1.Cl. The van der Waals surface area contributed by atoms with Gasteiger partial charge in [0.2, 0.25) is 0 Å². The molecule has 30 heavy (non-hydrogen) atoms. The van der Waals surface area contributed by atoms with Crippen LogP contribution in [-0.2, 0) is 0 Å². The van der Waals surface area contributed by atoms with E-state index in [1.807, 2.05) is 55.4 Å². The maximum atomic E-state index is 13.5. The number of hydrogen-bond donors (Lipinski definition) is 0. The van der Waals surface area contributed by atoms with E-state index >= 15 is 0 Å². The second-order valence-corrected chi connectivity index (χ2v) is 8.76. The van der Waals surface area contributed by atoms with Crippen LogP contribution in [0.4, 0.5) is 5.13 Å². The minimum absolute atomic E-state index is 0. The summed E-state index contributed by atoms with van der Waals surface area (Å²) in [7, 11) is 4.04. The van der Waals surface area contributed by atoms with Gasteiger partial charge in [-0.05, 0) is 68.0 Å². The lowest BCUT2D eigenvalue weighted by Gasteiger charge is -2.22. The van der Waals surface area contributed by atoms with Crippen LogP contribution in [0.1, 0.15) is 21.5 Å². The minimum atomic E-state index is -0.00830. The van der Waals surface area contributed by atoms with E-state index < -0.39 is 0 Å². The highest BCUT2D eigenvalue weighted by Gasteiger charge is 2.22. The highest BCUT2D eigenvalue weighted by molar-refractivity contribution is 7.22. The maximum Gasteiger partial charge on any atom is 0.260 e. The van der Waals surface area contributed by atoms with E-state index in [1.54, 1.807) is 11.3 Å². The highest BCUT2D eigenvalue weighted by atomic mass is 35.5. The first-order valence-corrected chi connectivity index (χ1v) is 10.6. The molecule has 1 aromatic heterocycles. The van der Waals surface area contributed by atoms with Crippen molar-refractivity contribution in [3.8, 4) is 0 Å². The van der Waals surface area contributed by atoms with E-state index in [1.165, 1.54) is 5.56 Å². The van der Waals surface area contributed by atoms with Gasteiger partial charge in [0.1, 0.15) is 0 Å².